The number of allylic oxidation sites excluding steroid dienone is 1. The van der Waals surface area contributed by atoms with Crippen LogP contribution in [0.5, 0.6) is 0 Å². The maximum Gasteiger partial charge on any atom is 0.336 e. The molecule has 8 heteroatoms. The molecule has 0 aliphatic carbocycles. The van der Waals surface area contributed by atoms with Crippen LogP contribution in [-0.4, -0.2) is 37.4 Å². The quantitative estimate of drug-likeness (QED) is 0.405. The van der Waals surface area contributed by atoms with Crippen molar-refractivity contribution in [2.75, 3.05) is 13.7 Å². The van der Waals surface area contributed by atoms with Crippen LogP contribution in [0.2, 0.25) is 5.02 Å². The van der Waals surface area contributed by atoms with E-state index in [0.717, 1.165) is 6.07 Å². The standard InChI is InChI=1S/C20H20ClFN2O4/c1-11-19(23-3)17(14-8-7-13(22)10-15(14)21)18(20(26)27-4)16(24-11)6-5-9-28-12(2)25/h7-8,10,17,19H,5-6,9H2,1-2,4H3. The highest BCUT2D eigenvalue weighted by Gasteiger charge is 2.43. The molecule has 1 aromatic rings. The molecule has 1 aliphatic rings. The Morgan fingerprint density at radius 3 is 2.68 bits per heavy atom. The number of methoxy groups -OCH3 is 1. The average Bonchev–Trinajstić information content (AvgIpc) is 2.64. The lowest BCUT2D eigenvalue weighted by atomic mass is 9.79. The van der Waals surface area contributed by atoms with Crippen molar-refractivity contribution in [3.63, 3.8) is 0 Å². The maximum absolute atomic E-state index is 13.5. The number of rotatable bonds is 6. The number of carbonyl (C=O) groups excluding carboxylic acids is 2. The van der Waals surface area contributed by atoms with Gasteiger partial charge in [-0.1, -0.05) is 17.7 Å². The van der Waals surface area contributed by atoms with Crippen molar-refractivity contribution in [1.29, 1.82) is 0 Å². The molecule has 2 unspecified atom stereocenters. The summed E-state index contributed by atoms with van der Waals surface area (Å²) in [5, 5.41) is 0.119. The molecular weight excluding hydrogens is 387 g/mol. The minimum absolute atomic E-state index is 0.119. The SMILES string of the molecule is [C-]#[N+]C1C(C)=NC(CCCOC(C)=O)=C(C(=O)OC)C1c1ccc(F)cc1Cl. The molecule has 0 aromatic heterocycles. The van der Waals surface area contributed by atoms with E-state index in [0.29, 0.717) is 29.8 Å². The molecule has 0 bridgehead atoms. The summed E-state index contributed by atoms with van der Waals surface area (Å²) in [4.78, 5) is 31.6. The number of hydrogen-bond donors (Lipinski definition) is 0. The van der Waals surface area contributed by atoms with Crippen LogP contribution in [0.15, 0.2) is 34.5 Å². The lowest BCUT2D eigenvalue weighted by Crippen LogP contribution is -2.32. The van der Waals surface area contributed by atoms with Gasteiger partial charge in [0.15, 0.2) is 0 Å². The normalized spacial score (nSPS) is 18.9. The van der Waals surface area contributed by atoms with Crippen LogP contribution in [0.25, 0.3) is 4.85 Å². The van der Waals surface area contributed by atoms with E-state index in [1.54, 1.807) is 6.92 Å². The van der Waals surface area contributed by atoms with Gasteiger partial charge in [-0.25, -0.2) is 15.8 Å². The summed E-state index contributed by atoms with van der Waals surface area (Å²) in [6, 6.07) is 3.08. The predicted molar refractivity (Wildman–Crippen MR) is 103 cm³/mol. The molecule has 1 heterocycles. The smallest absolute Gasteiger partial charge is 0.336 e. The molecule has 0 radical (unpaired) electrons. The zero-order chi connectivity index (χ0) is 20.8. The Bertz CT molecular complexity index is 889. The van der Waals surface area contributed by atoms with Gasteiger partial charge >= 0.3 is 11.9 Å². The Labute approximate surface area is 167 Å². The van der Waals surface area contributed by atoms with Crippen LogP contribution in [0.4, 0.5) is 4.39 Å². The molecule has 1 aromatic carbocycles. The Morgan fingerprint density at radius 2 is 2.11 bits per heavy atom. The monoisotopic (exact) mass is 406 g/mol. The first kappa shape index (κ1) is 21.6. The van der Waals surface area contributed by atoms with Gasteiger partial charge in [0.25, 0.3) is 6.04 Å². The fraction of sp³-hybridized carbons (Fsp3) is 0.400. The highest BCUT2D eigenvalue weighted by Crippen LogP contribution is 2.41. The van der Waals surface area contributed by atoms with Gasteiger partial charge in [-0.15, -0.1) is 0 Å². The number of aliphatic imine (C=N–C) groups is 1. The molecule has 2 rings (SSSR count). The van der Waals surface area contributed by atoms with Gasteiger partial charge in [0, 0.05) is 11.9 Å². The third kappa shape index (κ3) is 4.76. The molecule has 148 valence electrons. The second-order valence-corrected chi connectivity index (χ2v) is 6.67. The number of carbonyl (C=O) groups is 2. The molecule has 0 spiro atoms. The predicted octanol–water partition coefficient (Wildman–Crippen LogP) is 4.10. The number of benzene rings is 1. The Kier molecular flexibility index (Phi) is 7.30. The van der Waals surface area contributed by atoms with E-state index in [-0.39, 0.29) is 17.2 Å². The molecular formula is C20H20ClFN2O4. The van der Waals surface area contributed by atoms with E-state index in [4.69, 9.17) is 27.6 Å². The maximum atomic E-state index is 13.5. The molecule has 0 amide bonds. The van der Waals surface area contributed by atoms with Gasteiger partial charge in [-0.3, -0.25) is 9.79 Å². The summed E-state index contributed by atoms with van der Waals surface area (Å²) in [5.74, 6) is -2.27. The molecule has 6 nitrogen and oxygen atoms in total. The first-order valence-corrected chi connectivity index (χ1v) is 8.99. The molecule has 0 N–H and O–H groups in total. The summed E-state index contributed by atoms with van der Waals surface area (Å²) < 4.78 is 23.4. The van der Waals surface area contributed by atoms with Crippen LogP contribution in [0.3, 0.4) is 0 Å². The van der Waals surface area contributed by atoms with E-state index < -0.39 is 29.7 Å². The van der Waals surface area contributed by atoms with Crippen LogP contribution < -0.4 is 0 Å². The lowest BCUT2D eigenvalue weighted by Gasteiger charge is -2.27. The summed E-state index contributed by atoms with van der Waals surface area (Å²) >= 11 is 6.24. The Morgan fingerprint density at radius 1 is 1.39 bits per heavy atom. The van der Waals surface area contributed by atoms with Crippen molar-refractivity contribution in [2.45, 2.75) is 38.6 Å². The number of ether oxygens (including phenoxy) is 2. The number of hydrogen-bond acceptors (Lipinski definition) is 5. The first-order valence-electron chi connectivity index (χ1n) is 8.61. The molecule has 1 aliphatic heterocycles. The van der Waals surface area contributed by atoms with Crippen molar-refractivity contribution in [1.82, 2.24) is 0 Å². The van der Waals surface area contributed by atoms with Crippen LogP contribution in [-0.2, 0) is 19.1 Å². The summed E-state index contributed by atoms with van der Waals surface area (Å²) in [5.41, 5.74) is 1.64. The Hall–Kier alpha value is -2.72. The van der Waals surface area contributed by atoms with E-state index >= 15 is 0 Å². The van der Waals surface area contributed by atoms with Crippen molar-refractivity contribution in [2.24, 2.45) is 4.99 Å². The average molecular weight is 407 g/mol. The molecule has 0 fully saturated rings. The molecule has 2 atom stereocenters. The van der Waals surface area contributed by atoms with E-state index in [2.05, 4.69) is 9.84 Å². The van der Waals surface area contributed by atoms with Gasteiger partial charge in [-0.05, 0) is 37.5 Å². The van der Waals surface area contributed by atoms with Crippen molar-refractivity contribution in [3.05, 3.63) is 57.3 Å². The van der Waals surface area contributed by atoms with Crippen molar-refractivity contribution < 1.29 is 23.5 Å². The van der Waals surface area contributed by atoms with Gasteiger partial charge < -0.3 is 14.3 Å². The zero-order valence-electron chi connectivity index (χ0n) is 15.8. The lowest BCUT2D eigenvalue weighted by molar-refractivity contribution is -0.141. The fourth-order valence-corrected chi connectivity index (χ4v) is 3.45. The topological polar surface area (TPSA) is 69.3 Å². The van der Waals surface area contributed by atoms with Crippen molar-refractivity contribution in [3.8, 4) is 0 Å². The van der Waals surface area contributed by atoms with Crippen LogP contribution in [0, 0.1) is 12.4 Å². The van der Waals surface area contributed by atoms with E-state index in [1.807, 2.05) is 0 Å². The first-order chi connectivity index (χ1) is 13.3. The van der Waals surface area contributed by atoms with Crippen LogP contribution >= 0.6 is 11.6 Å². The molecule has 0 saturated heterocycles. The van der Waals surface area contributed by atoms with Crippen molar-refractivity contribution >= 4 is 29.3 Å². The largest absolute Gasteiger partial charge is 0.466 e. The zero-order valence-corrected chi connectivity index (χ0v) is 16.5. The van der Waals surface area contributed by atoms with Gasteiger partial charge in [-0.2, -0.15) is 0 Å². The van der Waals surface area contributed by atoms with Gasteiger partial charge in [0.2, 0.25) is 0 Å². The summed E-state index contributed by atoms with van der Waals surface area (Å²) in [6.45, 7) is 10.8. The fourth-order valence-electron chi connectivity index (χ4n) is 3.17. The third-order valence-corrected chi connectivity index (χ3v) is 4.71. The van der Waals surface area contributed by atoms with Gasteiger partial charge in [0.1, 0.15) is 11.7 Å². The molecule has 28 heavy (non-hydrogen) atoms. The van der Waals surface area contributed by atoms with E-state index in [1.165, 1.54) is 26.2 Å². The second kappa shape index (κ2) is 9.47. The van der Waals surface area contributed by atoms with Gasteiger partial charge in [0.05, 0.1) is 30.7 Å². The number of halogens is 2. The van der Waals surface area contributed by atoms with E-state index in [9.17, 15) is 14.0 Å². The highest BCUT2D eigenvalue weighted by atomic mass is 35.5. The van der Waals surface area contributed by atoms with Crippen LogP contribution in [0.1, 0.15) is 38.2 Å². The number of esters is 2. The minimum atomic E-state index is -0.769. The molecule has 0 saturated carbocycles. The summed E-state index contributed by atoms with van der Waals surface area (Å²) in [7, 11) is 1.24. The Balaban J connectivity index is 2.53. The summed E-state index contributed by atoms with van der Waals surface area (Å²) in [6.07, 6.45) is 0.786. The highest BCUT2D eigenvalue weighted by molar-refractivity contribution is 6.31. The number of nitrogens with zero attached hydrogens (tertiary/aromatic N) is 2. The second-order valence-electron chi connectivity index (χ2n) is 6.27. The minimum Gasteiger partial charge on any atom is -0.466 e. The third-order valence-electron chi connectivity index (χ3n) is 4.38.